The van der Waals surface area contributed by atoms with E-state index in [2.05, 4.69) is 0 Å². The summed E-state index contributed by atoms with van der Waals surface area (Å²) in [4.78, 5) is 0. The van der Waals surface area contributed by atoms with Crippen LogP contribution >= 0.6 is 0 Å². The highest BCUT2D eigenvalue weighted by Crippen LogP contribution is 2.55. The molecule has 1 aromatic carbocycles. The molecule has 0 N–H and O–H groups in total. The second kappa shape index (κ2) is 7.18. The van der Waals surface area contributed by atoms with E-state index in [1.54, 1.807) is 0 Å². The van der Waals surface area contributed by atoms with Crippen LogP contribution in [0.25, 0.3) is 0 Å². The van der Waals surface area contributed by atoms with E-state index in [1.807, 2.05) is 0 Å². The normalized spacial score (nSPS) is 15.0. The van der Waals surface area contributed by atoms with Gasteiger partial charge in [0.05, 0.1) is 0 Å². The zero-order chi connectivity index (χ0) is 23.3. The molecule has 1 rings (SSSR count). The fraction of sp³-hybridized carbons (Fsp3) is 0.533. The first-order valence-electron chi connectivity index (χ1n) is 7.29. The molecular formula is C15H9F14. The minimum Gasteiger partial charge on any atom is -0.194 e. The van der Waals surface area contributed by atoms with Crippen LogP contribution < -0.4 is 0 Å². The Hall–Kier alpha value is -1.76. The minimum atomic E-state index is -6.89. The Morgan fingerprint density at radius 3 is 1.45 bits per heavy atom. The van der Waals surface area contributed by atoms with Gasteiger partial charge in [-0.05, 0) is 24.5 Å². The van der Waals surface area contributed by atoms with Gasteiger partial charge in [0, 0.05) is 11.1 Å². The van der Waals surface area contributed by atoms with Crippen LogP contribution in [-0.4, -0.2) is 24.2 Å². The van der Waals surface area contributed by atoms with Gasteiger partial charge in [0.25, 0.3) is 0 Å². The summed E-state index contributed by atoms with van der Waals surface area (Å²) < 4.78 is 182. The van der Waals surface area contributed by atoms with Crippen molar-refractivity contribution in [3.8, 4) is 0 Å². The van der Waals surface area contributed by atoms with E-state index in [9.17, 15) is 61.5 Å². The van der Waals surface area contributed by atoms with E-state index in [0.29, 0.717) is 6.42 Å². The monoisotopic (exact) mass is 455 g/mol. The van der Waals surface area contributed by atoms with E-state index < -0.39 is 58.8 Å². The molecular weight excluding hydrogens is 446 g/mol. The second-order valence-corrected chi connectivity index (χ2v) is 5.71. The fourth-order valence-electron chi connectivity index (χ4n) is 2.13. The Kier molecular flexibility index (Phi) is 6.26. The van der Waals surface area contributed by atoms with Crippen LogP contribution in [0.5, 0.6) is 0 Å². The Bertz CT molecular complexity index is 726. The molecule has 0 aliphatic carbocycles. The number of hydrogen-bond acceptors (Lipinski definition) is 0. The van der Waals surface area contributed by atoms with Crippen molar-refractivity contribution in [2.45, 2.75) is 49.4 Å². The minimum absolute atomic E-state index is 0.0227. The lowest BCUT2D eigenvalue weighted by Gasteiger charge is -2.32. The molecule has 14 heteroatoms. The van der Waals surface area contributed by atoms with E-state index in [1.165, 1.54) is 6.92 Å². The van der Waals surface area contributed by atoms with Gasteiger partial charge in [0.2, 0.25) is 0 Å². The molecule has 0 aromatic heterocycles. The smallest absolute Gasteiger partial charge is 0.194 e. The first kappa shape index (κ1) is 25.3. The third-order valence-electron chi connectivity index (χ3n) is 3.68. The molecule has 0 saturated carbocycles. The topological polar surface area (TPSA) is 0 Å². The van der Waals surface area contributed by atoms with Gasteiger partial charge in [-0.3, -0.25) is 0 Å². The Balaban J connectivity index is 3.78. The summed E-state index contributed by atoms with van der Waals surface area (Å²) in [5, 5.41) is 0. The summed E-state index contributed by atoms with van der Waals surface area (Å²) in [6.45, 7) is 1.17. The van der Waals surface area contributed by atoms with Gasteiger partial charge in [-0.25, -0.2) is 0 Å². The summed E-state index contributed by atoms with van der Waals surface area (Å²) in [6, 6.07) is -1.10. The van der Waals surface area contributed by atoms with Crippen molar-refractivity contribution in [2.24, 2.45) is 0 Å². The molecule has 0 amide bonds. The Morgan fingerprint density at radius 2 is 1.07 bits per heavy atom. The van der Waals surface area contributed by atoms with Crippen molar-refractivity contribution in [1.29, 1.82) is 0 Å². The average molecular weight is 455 g/mol. The summed E-state index contributed by atoms with van der Waals surface area (Å²) in [5.41, 5.74) is -6.20. The molecule has 0 nitrogen and oxygen atoms in total. The number of hydrogen-bond donors (Lipinski definition) is 0. The van der Waals surface area contributed by atoms with Gasteiger partial charge in [-0.2, -0.15) is 61.5 Å². The summed E-state index contributed by atoms with van der Waals surface area (Å²) in [5.74, 6) is -26.2. The third-order valence-corrected chi connectivity index (χ3v) is 3.68. The lowest BCUT2D eigenvalue weighted by atomic mass is 9.89. The lowest BCUT2D eigenvalue weighted by molar-refractivity contribution is -0.361. The maximum Gasteiger partial charge on any atom is 0.460 e. The van der Waals surface area contributed by atoms with Crippen LogP contribution in [0.1, 0.15) is 30.0 Å². The van der Waals surface area contributed by atoms with Gasteiger partial charge in [0.15, 0.2) is 0 Å². The highest BCUT2D eigenvalue weighted by molar-refractivity contribution is 5.42. The van der Waals surface area contributed by atoms with Crippen LogP contribution in [-0.2, 0) is 11.8 Å². The third kappa shape index (κ3) is 3.98. The maximum atomic E-state index is 14.0. The van der Waals surface area contributed by atoms with Gasteiger partial charge in [0.1, 0.15) is 0 Å². The van der Waals surface area contributed by atoms with E-state index in [0.717, 1.165) is 0 Å². The van der Waals surface area contributed by atoms with Crippen molar-refractivity contribution in [2.75, 3.05) is 0 Å². The molecule has 0 fully saturated rings. The lowest BCUT2D eigenvalue weighted by Crippen LogP contribution is -2.51. The molecule has 1 aromatic rings. The zero-order valence-electron chi connectivity index (χ0n) is 13.8. The number of halogens is 14. The van der Waals surface area contributed by atoms with Crippen molar-refractivity contribution >= 4 is 0 Å². The molecule has 29 heavy (non-hydrogen) atoms. The van der Waals surface area contributed by atoms with E-state index in [4.69, 9.17) is 0 Å². The Labute approximate surface area is 153 Å². The second-order valence-electron chi connectivity index (χ2n) is 5.71. The molecule has 0 aliphatic rings. The molecule has 167 valence electrons. The van der Waals surface area contributed by atoms with Crippen molar-refractivity contribution in [1.82, 2.24) is 0 Å². The van der Waals surface area contributed by atoms with Crippen LogP contribution in [0, 0.1) is 6.42 Å². The van der Waals surface area contributed by atoms with E-state index in [-0.39, 0.29) is 18.6 Å². The van der Waals surface area contributed by atoms with Gasteiger partial charge in [-0.1, -0.05) is 19.1 Å². The average Bonchev–Trinajstić information content (AvgIpc) is 2.52. The molecule has 0 heterocycles. The molecule has 0 atom stereocenters. The summed E-state index contributed by atoms with van der Waals surface area (Å²) in [6.07, 6.45) is -13.5. The quantitative estimate of drug-likeness (QED) is 0.397. The van der Waals surface area contributed by atoms with Crippen LogP contribution in [0.2, 0.25) is 0 Å². The molecule has 0 unspecified atom stereocenters. The highest BCUT2D eigenvalue weighted by Gasteiger charge is 2.75. The summed E-state index contributed by atoms with van der Waals surface area (Å²) >= 11 is 0. The number of benzene rings is 1. The standard InChI is InChI=1S/C15H9F14/c1-2-3-7-4-5-8(10(16,17)12(20,21)14(24,25)26)6-9(7)11(18,19)13(22,23)15(27,28)29/h3-6H,2H2,1H3. The molecule has 0 saturated heterocycles. The molecule has 1 radical (unpaired) electrons. The van der Waals surface area contributed by atoms with Crippen molar-refractivity contribution < 1.29 is 61.5 Å². The molecule has 0 aliphatic heterocycles. The first-order chi connectivity index (χ1) is 12.7. The SMILES string of the molecule is CC[CH]c1ccc(C(F)(F)C(F)(F)C(F)(F)F)cc1C(F)(F)C(F)(F)C(F)(F)F. The van der Waals surface area contributed by atoms with Crippen molar-refractivity contribution in [3.63, 3.8) is 0 Å². The van der Waals surface area contributed by atoms with Gasteiger partial charge < -0.3 is 0 Å². The first-order valence-corrected chi connectivity index (χ1v) is 7.29. The van der Waals surface area contributed by atoms with Crippen LogP contribution in [0.15, 0.2) is 18.2 Å². The van der Waals surface area contributed by atoms with Gasteiger partial charge >= 0.3 is 36.0 Å². The zero-order valence-corrected chi connectivity index (χ0v) is 13.8. The summed E-state index contributed by atoms with van der Waals surface area (Å²) in [7, 11) is 0. The van der Waals surface area contributed by atoms with E-state index >= 15 is 0 Å². The Morgan fingerprint density at radius 1 is 0.655 bits per heavy atom. The largest absolute Gasteiger partial charge is 0.460 e. The van der Waals surface area contributed by atoms with Gasteiger partial charge in [-0.15, -0.1) is 0 Å². The predicted octanol–water partition coefficient (Wildman–Crippen LogP) is 7.23. The number of alkyl halides is 14. The fourth-order valence-corrected chi connectivity index (χ4v) is 2.13. The van der Waals surface area contributed by atoms with Crippen molar-refractivity contribution in [3.05, 3.63) is 41.3 Å². The molecule has 0 spiro atoms. The molecule has 0 bridgehead atoms. The number of rotatable bonds is 6. The maximum absolute atomic E-state index is 14.0. The predicted molar refractivity (Wildman–Crippen MR) is 69.9 cm³/mol. The van der Waals surface area contributed by atoms with Crippen LogP contribution in [0.4, 0.5) is 61.5 Å². The highest BCUT2D eigenvalue weighted by atomic mass is 19.4. The van der Waals surface area contributed by atoms with Crippen LogP contribution in [0.3, 0.4) is 0 Å².